The van der Waals surface area contributed by atoms with Crippen molar-refractivity contribution in [1.29, 1.82) is 0 Å². The number of rotatable bonds is 10. The summed E-state index contributed by atoms with van der Waals surface area (Å²) in [7, 11) is 0. The maximum absolute atomic E-state index is 5.79. The highest BCUT2D eigenvalue weighted by Crippen LogP contribution is 2.28. The lowest BCUT2D eigenvalue weighted by molar-refractivity contribution is 0.146. The zero-order valence-electron chi connectivity index (χ0n) is 12.9. The summed E-state index contributed by atoms with van der Waals surface area (Å²) in [5.74, 6) is 1.59. The van der Waals surface area contributed by atoms with E-state index in [4.69, 9.17) is 10.5 Å². The second kappa shape index (κ2) is 13.9. The normalized spacial score (nSPS) is 16.1. The number of ether oxygens (including phenoxy) is 1. The fourth-order valence-corrected chi connectivity index (χ4v) is 2.64. The third-order valence-corrected chi connectivity index (χ3v) is 3.75. The molecule has 1 fully saturated rings. The van der Waals surface area contributed by atoms with Gasteiger partial charge in [-0.2, -0.15) is 0 Å². The van der Waals surface area contributed by atoms with E-state index in [-0.39, 0.29) is 24.0 Å². The minimum absolute atomic E-state index is 0. The van der Waals surface area contributed by atoms with E-state index in [1.807, 2.05) is 6.92 Å². The van der Waals surface area contributed by atoms with Crippen LogP contribution in [0, 0.1) is 5.92 Å². The molecule has 0 bridgehead atoms. The Balaban J connectivity index is 0.00000361. The lowest BCUT2D eigenvalue weighted by Gasteiger charge is -2.09. The van der Waals surface area contributed by atoms with Gasteiger partial charge in [-0.25, -0.2) is 0 Å². The van der Waals surface area contributed by atoms with Gasteiger partial charge in [-0.05, 0) is 25.7 Å². The number of nitrogens with one attached hydrogen (secondary N) is 1. The first kappa shape index (κ1) is 20.0. The van der Waals surface area contributed by atoms with Gasteiger partial charge >= 0.3 is 0 Å². The van der Waals surface area contributed by atoms with E-state index in [1.54, 1.807) is 0 Å². The van der Waals surface area contributed by atoms with Gasteiger partial charge in [0.05, 0.1) is 0 Å². The Morgan fingerprint density at radius 2 is 2.00 bits per heavy atom. The number of guanidine groups is 1. The zero-order chi connectivity index (χ0) is 13.8. The summed E-state index contributed by atoms with van der Waals surface area (Å²) >= 11 is 0. The van der Waals surface area contributed by atoms with E-state index < -0.39 is 0 Å². The van der Waals surface area contributed by atoms with E-state index in [0.29, 0.717) is 5.96 Å². The van der Waals surface area contributed by atoms with Crippen LogP contribution in [0.5, 0.6) is 0 Å². The predicted octanol–water partition coefficient (Wildman–Crippen LogP) is 3.30. The van der Waals surface area contributed by atoms with Crippen LogP contribution in [0.4, 0.5) is 0 Å². The number of nitrogens with two attached hydrogens (primary N) is 1. The molecule has 0 aromatic heterocycles. The Hall–Kier alpha value is -0.0400. The monoisotopic (exact) mass is 397 g/mol. The third kappa shape index (κ3) is 10.7. The smallest absolute Gasteiger partial charge is 0.188 e. The van der Waals surface area contributed by atoms with Crippen molar-refractivity contribution in [2.45, 2.75) is 58.3 Å². The molecule has 120 valence electrons. The number of hydrogen-bond acceptors (Lipinski definition) is 2. The molecule has 0 aliphatic heterocycles. The molecule has 0 atom stereocenters. The van der Waals surface area contributed by atoms with Gasteiger partial charge in [-0.1, -0.05) is 38.5 Å². The summed E-state index contributed by atoms with van der Waals surface area (Å²) < 4.78 is 5.25. The fraction of sp³-hybridized carbons (Fsp3) is 0.933. The lowest BCUT2D eigenvalue weighted by Crippen LogP contribution is -2.32. The maximum atomic E-state index is 5.79. The highest BCUT2D eigenvalue weighted by molar-refractivity contribution is 14.0. The number of aliphatic imine (C=N–C) groups is 1. The first-order valence-corrected chi connectivity index (χ1v) is 7.94. The molecule has 0 heterocycles. The summed E-state index contributed by atoms with van der Waals surface area (Å²) in [5, 5.41) is 3.19. The summed E-state index contributed by atoms with van der Waals surface area (Å²) in [4.78, 5) is 4.27. The Kier molecular flexibility index (Phi) is 13.9. The molecule has 1 saturated carbocycles. The quantitative estimate of drug-likeness (QED) is 0.257. The molecule has 0 aromatic carbocycles. The molecule has 0 unspecified atom stereocenters. The van der Waals surface area contributed by atoms with Crippen molar-refractivity contribution in [3.05, 3.63) is 0 Å². The van der Waals surface area contributed by atoms with Gasteiger partial charge in [0, 0.05) is 26.3 Å². The average molecular weight is 397 g/mol. The number of unbranched alkanes of at least 4 members (excludes halogenated alkanes) is 1. The molecule has 1 aliphatic carbocycles. The van der Waals surface area contributed by atoms with Crippen molar-refractivity contribution in [2.24, 2.45) is 16.6 Å². The first-order valence-electron chi connectivity index (χ1n) is 7.94. The second-order valence-corrected chi connectivity index (χ2v) is 5.39. The molecule has 1 rings (SSSR count). The third-order valence-electron chi connectivity index (χ3n) is 3.75. The number of nitrogens with zero attached hydrogens (tertiary/aromatic N) is 1. The number of hydrogen-bond donors (Lipinski definition) is 2. The minimum atomic E-state index is 0. The van der Waals surface area contributed by atoms with Crippen molar-refractivity contribution < 1.29 is 4.74 Å². The Bertz CT molecular complexity index is 243. The number of halogens is 1. The summed E-state index contributed by atoms with van der Waals surface area (Å²) in [5.41, 5.74) is 5.79. The summed E-state index contributed by atoms with van der Waals surface area (Å²) in [6, 6.07) is 0. The lowest BCUT2D eigenvalue weighted by atomic mass is 10.0. The van der Waals surface area contributed by atoms with Crippen molar-refractivity contribution in [3.8, 4) is 0 Å². The largest absolute Gasteiger partial charge is 0.382 e. The second-order valence-electron chi connectivity index (χ2n) is 5.39. The molecule has 0 saturated heterocycles. The molecule has 0 spiro atoms. The summed E-state index contributed by atoms with van der Waals surface area (Å²) in [6.45, 7) is 5.26. The Morgan fingerprint density at radius 1 is 1.25 bits per heavy atom. The van der Waals surface area contributed by atoms with Gasteiger partial charge in [-0.3, -0.25) is 4.99 Å². The van der Waals surface area contributed by atoms with Crippen LogP contribution in [0.1, 0.15) is 58.3 Å². The van der Waals surface area contributed by atoms with Crippen LogP contribution in [0.3, 0.4) is 0 Å². The van der Waals surface area contributed by atoms with Crippen molar-refractivity contribution in [1.82, 2.24) is 5.32 Å². The molecule has 4 nitrogen and oxygen atoms in total. The van der Waals surface area contributed by atoms with Gasteiger partial charge < -0.3 is 15.8 Å². The molecular weight excluding hydrogens is 365 g/mol. The zero-order valence-corrected chi connectivity index (χ0v) is 15.2. The van der Waals surface area contributed by atoms with Crippen molar-refractivity contribution in [3.63, 3.8) is 0 Å². The topological polar surface area (TPSA) is 59.6 Å². The van der Waals surface area contributed by atoms with E-state index in [2.05, 4.69) is 10.3 Å². The Morgan fingerprint density at radius 3 is 2.70 bits per heavy atom. The molecule has 0 amide bonds. The molecule has 0 aromatic rings. The minimum Gasteiger partial charge on any atom is -0.382 e. The van der Waals surface area contributed by atoms with E-state index in [1.165, 1.54) is 44.9 Å². The highest BCUT2D eigenvalue weighted by Gasteiger charge is 2.13. The van der Waals surface area contributed by atoms with Crippen LogP contribution in [0.2, 0.25) is 0 Å². The van der Waals surface area contributed by atoms with E-state index >= 15 is 0 Å². The van der Waals surface area contributed by atoms with Crippen LogP contribution in [-0.2, 0) is 4.74 Å². The SMILES string of the molecule is CCOCCCN=C(N)NCCCCC1CCCC1.I. The van der Waals surface area contributed by atoms with Gasteiger partial charge in [0.25, 0.3) is 0 Å². The highest BCUT2D eigenvalue weighted by atomic mass is 127. The average Bonchev–Trinajstić information content (AvgIpc) is 2.91. The predicted molar refractivity (Wildman–Crippen MR) is 96.8 cm³/mol. The van der Waals surface area contributed by atoms with Crippen LogP contribution in [0.25, 0.3) is 0 Å². The maximum Gasteiger partial charge on any atom is 0.188 e. The Labute approximate surface area is 141 Å². The van der Waals surface area contributed by atoms with Gasteiger partial charge in [0.2, 0.25) is 0 Å². The molecular formula is C15H32IN3O. The van der Waals surface area contributed by atoms with Gasteiger partial charge in [-0.15, -0.1) is 24.0 Å². The van der Waals surface area contributed by atoms with Crippen molar-refractivity contribution >= 4 is 29.9 Å². The van der Waals surface area contributed by atoms with E-state index in [0.717, 1.165) is 38.6 Å². The molecule has 5 heteroatoms. The molecule has 3 N–H and O–H groups in total. The van der Waals surface area contributed by atoms with Crippen LogP contribution >= 0.6 is 24.0 Å². The molecule has 1 aliphatic rings. The van der Waals surface area contributed by atoms with Crippen LogP contribution < -0.4 is 11.1 Å². The standard InChI is InChI=1S/C15H31N3O.HI/c1-2-19-13-7-12-18-15(16)17-11-6-5-10-14-8-3-4-9-14;/h14H,2-13H2,1H3,(H3,16,17,18);1H. The summed E-state index contributed by atoms with van der Waals surface area (Å²) in [6.07, 6.45) is 10.7. The fourth-order valence-electron chi connectivity index (χ4n) is 2.64. The van der Waals surface area contributed by atoms with Crippen LogP contribution in [0.15, 0.2) is 4.99 Å². The van der Waals surface area contributed by atoms with Gasteiger partial charge in [0.15, 0.2) is 5.96 Å². The molecule has 20 heavy (non-hydrogen) atoms. The molecule has 0 radical (unpaired) electrons. The first-order chi connectivity index (χ1) is 9.33. The van der Waals surface area contributed by atoms with E-state index in [9.17, 15) is 0 Å². The van der Waals surface area contributed by atoms with Crippen LogP contribution in [-0.4, -0.2) is 32.3 Å². The van der Waals surface area contributed by atoms with Crippen molar-refractivity contribution in [2.75, 3.05) is 26.3 Å². The van der Waals surface area contributed by atoms with Gasteiger partial charge in [0.1, 0.15) is 0 Å².